The minimum atomic E-state index is 0.815. The molecule has 0 radical (unpaired) electrons. The van der Waals surface area contributed by atoms with Gasteiger partial charge in [-0.25, -0.2) is 0 Å². The van der Waals surface area contributed by atoms with Crippen LogP contribution in [-0.4, -0.2) is 36.1 Å². The fraction of sp³-hybridized carbons (Fsp3) is 1.00. The summed E-state index contributed by atoms with van der Waals surface area (Å²) in [6.45, 7) is 5.10. The van der Waals surface area contributed by atoms with Crippen molar-refractivity contribution in [2.24, 2.45) is 5.92 Å². The molecule has 0 bridgehead atoms. The van der Waals surface area contributed by atoms with E-state index in [-0.39, 0.29) is 0 Å². The van der Waals surface area contributed by atoms with Crippen LogP contribution in [0.4, 0.5) is 0 Å². The molecule has 4 atom stereocenters. The Bertz CT molecular complexity index is 235. The molecule has 2 aliphatic heterocycles. The van der Waals surface area contributed by atoms with E-state index in [9.17, 15) is 0 Å². The van der Waals surface area contributed by atoms with Crippen molar-refractivity contribution in [2.75, 3.05) is 13.1 Å². The first-order valence-corrected chi connectivity index (χ1v) is 7.35. The first-order chi connectivity index (χ1) is 7.86. The van der Waals surface area contributed by atoms with Crippen molar-refractivity contribution in [3.05, 3.63) is 0 Å². The van der Waals surface area contributed by atoms with Crippen LogP contribution < -0.4 is 5.32 Å². The topological polar surface area (TPSA) is 15.3 Å². The van der Waals surface area contributed by atoms with E-state index in [0.29, 0.717) is 0 Å². The molecule has 1 N–H and O–H groups in total. The summed E-state index contributed by atoms with van der Waals surface area (Å²) in [5.74, 6) is 0.946. The predicted octanol–water partition coefficient (Wildman–Crippen LogP) is 2.39. The van der Waals surface area contributed by atoms with Crippen molar-refractivity contribution in [1.29, 1.82) is 0 Å². The van der Waals surface area contributed by atoms with E-state index in [4.69, 9.17) is 0 Å². The maximum Gasteiger partial charge on any atom is 0.0252 e. The van der Waals surface area contributed by atoms with Crippen LogP contribution in [0, 0.1) is 5.92 Å². The van der Waals surface area contributed by atoms with Gasteiger partial charge in [0.15, 0.2) is 0 Å². The minimum Gasteiger partial charge on any atom is -0.312 e. The highest BCUT2D eigenvalue weighted by atomic mass is 15.2. The van der Waals surface area contributed by atoms with Gasteiger partial charge in [-0.15, -0.1) is 0 Å². The molecule has 4 unspecified atom stereocenters. The van der Waals surface area contributed by atoms with Gasteiger partial charge in [-0.3, -0.25) is 4.90 Å². The molecule has 0 amide bonds. The molecule has 3 fully saturated rings. The summed E-state index contributed by atoms with van der Waals surface area (Å²) >= 11 is 0. The third-order valence-corrected chi connectivity index (χ3v) is 5.15. The van der Waals surface area contributed by atoms with Crippen LogP contribution in [0.5, 0.6) is 0 Å². The maximum absolute atomic E-state index is 3.73. The Morgan fingerprint density at radius 3 is 2.50 bits per heavy atom. The highest BCUT2D eigenvalue weighted by Crippen LogP contribution is 2.36. The minimum absolute atomic E-state index is 0.815. The molecule has 1 aliphatic carbocycles. The van der Waals surface area contributed by atoms with E-state index < -0.39 is 0 Å². The summed E-state index contributed by atoms with van der Waals surface area (Å²) in [6, 6.07) is 2.60. The quantitative estimate of drug-likeness (QED) is 0.772. The van der Waals surface area contributed by atoms with Crippen molar-refractivity contribution in [3.8, 4) is 0 Å². The molecular weight excluding hydrogens is 196 g/mol. The number of rotatable bonds is 2. The Morgan fingerprint density at radius 2 is 1.81 bits per heavy atom. The van der Waals surface area contributed by atoms with E-state index in [0.717, 1.165) is 24.0 Å². The van der Waals surface area contributed by atoms with Crippen LogP contribution in [-0.2, 0) is 0 Å². The zero-order chi connectivity index (χ0) is 11.0. The zero-order valence-corrected chi connectivity index (χ0v) is 10.6. The molecule has 2 saturated heterocycles. The second-order valence-corrected chi connectivity index (χ2v) is 6.13. The fourth-order valence-corrected chi connectivity index (χ4v) is 4.32. The van der Waals surface area contributed by atoms with Crippen LogP contribution in [0.2, 0.25) is 0 Å². The summed E-state index contributed by atoms with van der Waals surface area (Å²) in [7, 11) is 0. The van der Waals surface area contributed by atoms with Crippen molar-refractivity contribution in [2.45, 2.75) is 70.0 Å². The van der Waals surface area contributed by atoms with Gasteiger partial charge in [0.1, 0.15) is 0 Å². The fourth-order valence-electron chi connectivity index (χ4n) is 4.32. The summed E-state index contributed by atoms with van der Waals surface area (Å²) in [4.78, 5) is 2.88. The molecule has 0 aromatic carbocycles. The number of likely N-dealkylation sites (tertiary alicyclic amines) is 1. The highest BCUT2D eigenvalue weighted by molar-refractivity contribution is 4.97. The Hall–Kier alpha value is -0.0800. The highest BCUT2D eigenvalue weighted by Gasteiger charge is 2.39. The van der Waals surface area contributed by atoms with Crippen molar-refractivity contribution in [3.63, 3.8) is 0 Å². The van der Waals surface area contributed by atoms with E-state index in [1.165, 1.54) is 58.0 Å². The van der Waals surface area contributed by atoms with Crippen LogP contribution >= 0.6 is 0 Å². The SMILES string of the molecule is CC1CCCC1N1CCCC1C1CCCN1. The molecule has 2 heterocycles. The molecule has 16 heavy (non-hydrogen) atoms. The van der Waals surface area contributed by atoms with Crippen molar-refractivity contribution >= 4 is 0 Å². The Labute approximate surface area is 99.8 Å². The van der Waals surface area contributed by atoms with Gasteiger partial charge < -0.3 is 5.32 Å². The van der Waals surface area contributed by atoms with Gasteiger partial charge in [-0.2, -0.15) is 0 Å². The molecule has 92 valence electrons. The van der Waals surface area contributed by atoms with Crippen LogP contribution in [0.3, 0.4) is 0 Å². The van der Waals surface area contributed by atoms with Gasteiger partial charge in [0.25, 0.3) is 0 Å². The molecule has 0 spiro atoms. The Morgan fingerprint density at radius 1 is 0.938 bits per heavy atom. The summed E-state index contributed by atoms with van der Waals surface area (Å²) in [5.41, 5.74) is 0. The van der Waals surface area contributed by atoms with E-state index in [1.807, 2.05) is 0 Å². The standard InChI is InChI=1S/C14H26N2/c1-11-5-2-7-13(11)16-10-4-8-14(16)12-6-3-9-15-12/h11-15H,2-10H2,1H3. The molecule has 2 heteroatoms. The number of nitrogens with one attached hydrogen (secondary N) is 1. The van der Waals surface area contributed by atoms with E-state index in [2.05, 4.69) is 17.1 Å². The average Bonchev–Trinajstić information content (AvgIpc) is 2.95. The van der Waals surface area contributed by atoms with Crippen molar-refractivity contribution in [1.82, 2.24) is 10.2 Å². The normalized spacial score (nSPS) is 45.6. The maximum atomic E-state index is 3.73. The van der Waals surface area contributed by atoms with Gasteiger partial charge in [-0.05, 0) is 57.5 Å². The zero-order valence-electron chi connectivity index (χ0n) is 10.6. The van der Waals surface area contributed by atoms with Gasteiger partial charge in [0, 0.05) is 18.1 Å². The summed E-state index contributed by atoms with van der Waals surface area (Å²) in [5, 5.41) is 3.73. The predicted molar refractivity (Wildman–Crippen MR) is 67.6 cm³/mol. The summed E-state index contributed by atoms with van der Waals surface area (Å²) < 4.78 is 0. The lowest BCUT2D eigenvalue weighted by Crippen LogP contribution is -2.49. The van der Waals surface area contributed by atoms with Crippen LogP contribution in [0.25, 0.3) is 0 Å². The van der Waals surface area contributed by atoms with E-state index >= 15 is 0 Å². The van der Waals surface area contributed by atoms with Crippen LogP contribution in [0.1, 0.15) is 51.9 Å². The van der Waals surface area contributed by atoms with Gasteiger partial charge >= 0.3 is 0 Å². The summed E-state index contributed by atoms with van der Waals surface area (Å²) in [6.07, 6.45) is 10.1. The van der Waals surface area contributed by atoms with Gasteiger partial charge in [0.2, 0.25) is 0 Å². The molecule has 3 rings (SSSR count). The Balaban J connectivity index is 1.68. The first kappa shape index (κ1) is 11.0. The Kier molecular flexibility index (Phi) is 3.21. The molecule has 2 nitrogen and oxygen atoms in total. The lowest BCUT2D eigenvalue weighted by molar-refractivity contribution is 0.129. The molecule has 1 saturated carbocycles. The van der Waals surface area contributed by atoms with Crippen LogP contribution in [0.15, 0.2) is 0 Å². The molecule has 0 aromatic heterocycles. The monoisotopic (exact) mass is 222 g/mol. The lowest BCUT2D eigenvalue weighted by atomic mass is 9.99. The number of hydrogen-bond donors (Lipinski definition) is 1. The van der Waals surface area contributed by atoms with Gasteiger partial charge in [0.05, 0.1) is 0 Å². The average molecular weight is 222 g/mol. The third kappa shape index (κ3) is 1.91. The number of nitrogens with zero attached hydrogens (tertiary/aromatic N) is 1. The third-order valence-electron chi connectivity index (χ3n) is 5.15. The molecule has 0 aromatic rings. The van der Waals surface area contributed by atoms with Gasteiger partial charge in [-0.1, -0.05) is 13.3 Å². The molecular formula is C14H26N2. The second kappa shape index (κ2) is 4.66. The van der Waals surface area contributed by atoms with E-state index in [1.54, 1.807) is 0 Å². The first-order valence-electron chi connectivity index (χ1n) is 7.35. The molecule has 3 aliphatic rings. The smallest absolute Gasteiger partial charge is 0.0252 e. The number of hydrogen-bond acceptors (Lipinski definition) is 2. The largest absolute Gasteiger partial charge is 0.312 e. The lowest BCUT2D eigenvalue weighted by Gasteiger charge is -2.36. The second-order valence-electron chi connectivity index (χ2n) is 6.13. The van der Waals surface area contributed by atoms with Crippen molar-refractivity contribution < 1.29 is 0 Å².